The summed E-state index contributed by atoms with van der Waals surface area (Å²) in [6.45, 7) is 1.95. The van der Waals surface area contributed by atoms with Crippen LogP contribution in [-0.4, -0.2) is 46.2 Å². The molecule has 1 fully saturated rings. The molecule has 0 spiro atoms. The van der Waals surface area contributed by atoms with Crippen molar-refractivity contribution in [3.63, 3.8) is 0 Å². The van der Waals surface area contributed by atoms with E-state index in [0.29, 0.717) is 19.6 Å². The summed E-state index contributed by atoms with van der Waals surface area (Å²) in [4.78, 5) is 36.3. The Morgan fingerprint density at radius 2 is 2.09 bits per heavy atom. The van der Waals surface area contributed by atoms with Crippen LogP contribution in [0.25, 0.3) is 0 Å². The minimum absolute atomic E-state index is 0.0200. The van der Waals surface area contributed by atoms with Crippen LogP contribution in [0.2, 0.25) is 0 Å². The van der Waals surface area contributed by atoms with Gasteiger partial charge >= 0.3 is 12.0 Å². The number of piperidine rings is 1. The van der Waals surface area contributed by atoms with Gasteiger partial charge in [-0.2, -0.15) is 0 Å². The number of pyridine rings is 1. The number of urea groups is 1. The second-order valence-electron chi connectivity index (χ2n) is 5.98. The number of carbonyl (C=O) groups is 2. The third-order valence-corrected chi connectivity index (χ3v) is 4.38. The topological polar surface area (TPSA) is 91.6 Å². The van der Waals surface area contributed by atoms with E-state index < -0.39 is 5.97 Å². The molecule has 0 aliphatic carbocycles. The van der Waals surface area contributed by atoms with Crippen molar-refractivity contribution >= 4 is 12.0 Å². The SMILES string of the molecule is O=C(O)CCNC(=O)N1C[C@@H]2C[C@@H](C1)c1cccc(=O)n1C2. The highest BCUT2D eigenvalue weighted by Crippen LogP contribution is 2.34. The molecule has 2 N–H and O–H groups in total. The molecule has 3 heterocycles. The molecule has 1 saturated heterocycles. The molecule has 7 nitrogen and oxygen atoms in total. The Kier molecular flexibility index (Phi) is 3.87. The molecule has 0 unspecified atom stereocenters. The van der Waals surface area contributed by atoms with Gasteiger partial charge in [0.15, 0.2) is 0 Å². The minimum Gasteiger partial charge on any atom is -0.481 e. The molecule has 0 saturated carbocycles. The lowest BCUT2D eigenvalue weighted by Gasteiger charge is -2.42. The number of rotatable bonds is 3. The van der Waals surface area contributed by atoms with Crippen LogP contribution in [0.3, 0.4) is 0 Å². The Hall–Kier alpha value is -2.31. The van der Waals surface area contributed by atoms with E-state index in [2.05, 4.69) is 5.32 Å². The van der Waals surface area contributed by atoms with Crippen LogP contribution in [-0.2, 0) is 11.3 Å². The van der Waals surface area contributed by atoms with Crippen LogP contribution in [0.15, 0.2) is 23.0 Å². The lowest BCUT2D eigenvalue weighted by molar-refractivity contribution is -0.136. The molecule has 7 heteroatoms. The van der Waals surface area contributed by atoms with Gasteiger partial charge in [-0.05, 0) is 18.4 Å². The Morgan fingerprint density at radius 3 is 2.86 bits per heavy atom. The van der Waals surface area contributed by atoms with Crippen molar-refractivity contribution in [2.24, 2.45) is 5.92 Å². The molecule has 118 valence electrons. The summed E-state index contributed by atoms with van der Waals surface area (Å²) in [5, 5.41) is 11.3. The van der Waals surface area contributed by atoms with Crippen LogP contribution in [0.1, 0.15) is 24.5 Å². The van der Waals surface area contributed by atoms with E-state index in [9.17, 15) is 14.4 Å². The fourth-order valence-electron chi connectivity index (χ4n) is 3.45. The van der Waals surface area contributed by atoms with E-state index in [4.69, 9.17) is 5.11 Å². The van der Waals surface area contributed by atoms with Gasteiger partial charge in [-0.1, -0.05) is 6.07 Å². The van der Waals surface area contributed by atoms with E-state index >= 15 is 0 Å². The highest BCUT2D eigenvalue weighted by Gasteiger charge is 2.36. The van der Waals surface area contributed by atoms with Gasteiger partial charge in [0.25, 0.3) is 5.56 Å². The van der Waals surface area contributed by atoms with Crippen LogP contribution >= 0.6 is 0 Å². The quantitative estimate of drug-likeness (QED) is 0.848. The van der Waals surface area contributed by atoms with E-state index in [1.54, 1.807) is 17.0 Å². The Labute approximate surface area is 127 Å². The largest absolute Gasteiger partial charge is 0.481 e. The smallest absolute Gasteiger partial charge is 0.317 e. The van der Waals surface area contributed by atoms with Gasteiger partial charge in [0.2, 0.25) is 0 Å². The van der Waals surface area contributed by atoms with Crippen molar-refractivity contribution in [2.75, 3.05) is 19.6 Å². The molecule has 2 aliphatic heterocycles. The predicted molar refractivity (Wildman–Crippen MR) is 78.8 cm³/mol. The van der Waals surface area contributed by atoms with Crippen molar-refractivity contribution in [3.05, 3.63) is 34.2 Å². The second-order valence-corrected chi connectivity index (χ2v) is 5.98. The number of carboxylic acids is 1. The second kappa shape index (κ2) is 5.82. The van der Waals surface area contributed by atoms with Crippen LogP contribution in [0.5, 0.6) is 0 Å². The number of nitrogens with one attached hydrogen (secondary N) is 1. The normalized spacial score (nSPS) is 22.8. The number of likely N-dealkylation sites (tertiary alicyclic amines) is 1. The van der Waals surface area contributed by atoms with Crippen LogP contribution in [0.4, 0.5) is 4.79 Å². The number of amides is 2. The zero-order valence-corrected chi connectivity index (χ0v) is 12.2. The fraction of sp³-hybridized carbons (Fsp3) is 0.533. The first kappa shape index (κ1) is 14.6. The molecular weight excluding hydrogens is 286 g/mol. The van der Waals surface area contributed by atoms with Crippen molar-refractivity contribution in [2.45, 2.75) is 25.3 Å². The first-order chi connectivity index (χ1) is 10.5. The molecule has 2 bridgehead atoms. The number of aliphatic carboxylic acids is 1. The molecule has 0 radical (unpaired) electrons. The number of aromatic nitrogens is 1. The Balaban J connectivity index is 1.69. The zero-order valence-electron chi connectivity index (χ0n) is 12.2. The summed E-state index contributed by atoms with van der Waals surface area (Å²) in [6, 6.07) is 5.07. The van der Waals surface area contributed by atoms with E-state index in [-0.39, 0.29) is 36.4 Å². The van der Waals surface area contributed by atoms with E-state index in [1.807, 2.05) is 10.6 Å². The lowest BCUT2D eigenvalue weighted by atomic mass is 9.83. The molecule has 22 heavy (non-hydrogen) atoms. The standard InChI is InChI=1S/C15H19N3O4/c19-13-3-1-2-12-11-6-10(8-18(12)13)7-17(9-11)15(22)16-5-4-14(20)21/h1-3,10-11H,4-9H2,(H,16,22)(H,20,21)/t10-,11-/m0/s1. The van der Waals surface area contributed by atoms with Gasteiger partial charge in [0, 0.05) is 43.9 Å². The van der Waals surface area contributed by atoms with Crippen LogP contribution < -0.4 is 10.9 Å². The first-order valence-electron chi connectivity index (χ1n) is 7.49. The molecular formula is C15H19N3O4. The maximum Gasteiger partial charge on any atom is 0.317 e. The molecule has 1 aromatic heterocycles. The number of carbonyl (C=O) groups excluding carboxylic acids is 1. The van der Waals surface area contributed by atoms with Gasteiger partial charge in [-0.15, -0.1) is 0 Å². The highest BCUT2D eigenvalue weighted by molar-refractivity contribution is 5.75. The number of carboxylic acid groups (broad SMARTS) is 1. The highest BCUT2D eigenvalue weighted by atomic mass is 16.4. The maximum absolute atomic E-state index is 12.1. The molecule has 0 aromatic carbocycles. The summed E-state index contributed by atoms with van der Waals surface area (Å²) >= 11 is 0. The monoisotopic (exact) mass is 305 g/mol. The summed E-state index contributed by atoms with van der Waals surface area (Å²) < 4.78 is 1.82. The molecule has 2 atom stereocenters. The van der Waals surface area contributed by atoms with Gasteiger partial charge in [0.1, 0.15) is 0 Å². The minimum atomic E-state index is -0.927. The summed E-state index contributed by atoms with van der Waals surface area (Å²) in [5.74, 6) is -0.479. The van der Waals surface area contributed by atoms with E-state index in [1.165, 1.54) is 0 Å². The molecule has 3 rings (SSSR count). The maximum atomic E-state index is 12.1. The van der Waals surface area contributed by atoms with Crippen molar-refractivity contribution in [3.8, 4) is 0 Å². The number of hydrogen-bond donors (Lipinski definition) is 2. The Bertz CT molecular complexity index is 654. The summed E-state index contributed by atoms with van der Waals surface area (Å²) in [6.07, 6.45) is 0.910. The lowest BCUT2D eigenvalue weighted by Crippen LogP contribution is -2.52. The van der Waals surface area contributed by atoms with Crippen LogP contribution in [0, 0.1) is 5.92 Å². The summed E-state index contributed by atoms with van der Waals surface area (Å²) in [5.41, 5.74) is 1.01. The first-order valence-corrected chi connectivity index (χ1v) is 7.49. The van der Waals surface area contributed by atoms with Gasteiger partial charge in [0.05, 0.1) is 6.42 Å². The zero-order chi connectivity index (χ0) is 15.7. The Morgan fingerprint density at radius 1 is 1.27 bits per heavy atom. The average molecular weight is 305 g/mol. The van der Waals surface area contributed by atoms with Gasteiger partial charge in [-0.3, -0.25) is 9.59 Å². The van der Waals surface area contributed by atoms with E-state index in [0.717, 1.165) is 12.1 Å². The van der Waals surface area contributed by atoms with Crippen molar-refractivity contribution in [1.29, 1.82) is 0 Å². The van der Waals surface area contributed by atoms with Gasteiger partial charge < -0.3 is 19.9 Å². The van der Waals surface area contributed by atoms with Crippen molar-refractivity contribution < 1.29 is 14.7 Å². The van der Waals surface area contributed by atoms with Crippen molar-refractivity contribution in [1.82, 2.24) is 14.8 Å². The molecule has 2 aliphatic rings. The third kappa shape index (κ3) is 2.84. The molecule has 2 amide bonds. The molecule has 1 aromatic rings. The number of hydrogen-bond acceptors (Lipinski definition) is 3. The number of fused-ring (bicyclic) bond motifs is 4. The predicted octanol–water partition coefficient (Wildman–Crippen LogP) is 0.452. The number of nitrogens with zero attached hydrogens (tertiary/aromatic N) is 2. The average Bonchev–Trinajstić information content (AvgIpc) is 2.48. The van der Waals surface area contributed by atoms with Gasteiger partial charge in [-0.25, -0.2) is 4.79 Å². The fourth-order valence-corrected chi connectivity index (χ4v) is 3.45. The third-order valence-electron chi connectivity index (χ3n) is 4.38. The summed E-state index contributed by atoms with van der Waals surface area (Å²) in [7, 11) is 0.